The first-order valence-electron chi connectivity index (χ1n) is 8.38. The number of hydrogen-bond acceptors (Lipinski definition) is 3. The number of guanidine groups is 1. The largest absolute Gasteiger partial charge is 0.463 e. The molecule has 0 saturated heterocycles. The van der Waals surface area contributed by atoms with E-state index in [1.54, 1.807) is 26.0 Å². The van der Waals surface area contributed by atoms with E-state index in [4.69, 9.17) is 4.42 Å². The van der Waals surface area contributed by atoms with Gasteiger partial charge in [-0.25, -0.2) is 9.38 Å². The summed E-state index contributed by atoms with van der Waals surface area (Å²) in [6.45, 7) is 8.44. The van der Waals surface area contributed by atoms with Gasteiger partial charge in [0.1, 0.15) is 22.9 Å². The zero-order chi connectivity index (χ0) is 18.4. The molecule has 144 valence electrons. The third-order valence-corrected chi connectivity index (χ3v) is 3.87. The molecule has 0 radical (unpaired) electrons. The predicted octanol–water partition coefficient (Wildman–Crippen LogP) is 3.62. The Labute approximate surface area is 171 Å². The van der Waals surface area contributed by atoms with Gasteiger partial charge in [0.2, 0.25) is 0 Å². The fourth-order valence-electron chi connectivity index (χ4n) is 2.31. The average molecular weight is 475 g/mol. The van der Waals surface area contributed by atoms with Gasteiger partial charge in [-0.05, 0) is 57.0 Å². The van der Waals surface area contributed by atoms with E-state index in [0.29, 0.717) is 30.4 Å². The molecule has 7 heteroatoms. The van der Waals surface area contributed by atoms with Gasteiger partial charge in [-0.15, -0.1) is 24.0 Å². The summed E-state index contributed by atoms with van der Waals surface area (Å²) in [5.41, 5.74) is 0.233. The first kappa shape index (κ1) is 22.4. The van der Waals surface area contributed by atoms with Gasteiger partial charge in [-0.1, -0.05) is 12.1 Å². The molecule has 0 amide bonds. The Morgan fingerprint density at radius 2 is 1.96 bits per heavy atom. The van der Waals surface area contributed by atoms with Crippen molar-refractivity contribution in [2.75, 3.05) is 13.1 Å². The molecular formula is C19H27FIN3O2. The van der Waals surface area contributed by atoms with E-state index in [-0.39, 0.29) is 36.3 Å². The van der Waals surface area contributed by atoms with E-state index in [2.05, 4.69) is 15.6 Å². The van der Waals surface area contributed by atoms with E-state index in [0.717, 1.165) is 11.3 Å². The van der Waals surface area contributed by atoms with Crippen LogP contribution < -0.4 is 10.6 Å². The first-order chi connectivity index (χ1) is 11.8. The maximum atomic E-state index is 13.6. The fraction of sp³-hybridized carbons (Fsp3) is 0.421. The number of benzene rings is 1. The third kappa shape index (κ3) is 6.28. The van der Waals surface area contributed by atoms with Crippen LogP contribution in [0.25, 0.3) is 0 Å². The highest BCUT2D eigenvalue weighted by atomic mass is 127. The molecule has 0 spiro atoms. The normalized spacial score (nSPS) is 13.7. The number of aliphatic hydroxyl groups is 1. The highest BCUT2D eigenvalue weighted by molar-refractivity contribution is 14.0. The van der Waals surface area contributed by atoms with Crippen LogP contribution >= 0.6 is 24.0 Å². The molecule has 0 aliphatic heterocycles. The SMILES string of the molecule is CCNC(=NCc1ccc(C)c(F)c1)NCC(C)(O)c1ccc(C)o1.I. The number of aliphatic imine (C=N–C) groups is 1. The monoisotopic (exact) mass is 475 g/mol. The summed E-state index contributed by atoms with van der Waals surface area (Å²) >= 11 is 0. The number of nitrogens with zero attached hydrogens (tertiary/aromatic N) is 1. The second-order valence-corrected chi connectivity index (χ2v) is 6.32. The molecule has 1 aromatic heterocycles. The summed E-state index contributed by atoms with van der Waals surface area (Å²) < 4.78 is 19.1. The number of nitrogens with one attached hydrogen (secondary N) is 2. The van der Waals surface area contributed by atoms with Crippen LogP contribution in [-0.2, 0) is 12.1 Å². The standard InChI is InChI=1S/C19H26FN3O2.HI/c1-5-21-18(22-11-15-8-6-13(2)16(20)10-15)23-12-19(4,24)17-9-7-14(3)25-17;/h6-10,24H,5,11-12H2,1-4H3,(H2,21,22,23);1H. The second kappa shape index (κ2) is 9.91. The zero-order valence-electron chi connectivity index (χ0n) is 15.6. The summed E-state index contributed by atoms with van der Waals surface area (Å²) in [7, 11) is 0. The summed E-state index contributed by atoms with van der Waals surface area (Å²) in [6.07, 6.45) is 0. The van der Waals surface area contributed by atoms with Gasteiger partial charge in [-0.2, -0.15) is 0 Å². The molecule has 1 unspecified atom stereocenters. The lowest BCUT2D eigenvalue weighted by atomic mass is 10.0. The number of aryl methyl sites for hydroxylation is 2. The van der Waals surface area contributed by atoms with E-state index in [1.165, 1.54) is 6.07 Å². The molecule has 2 rings (SSSR count). The molecule has 2 aromatic rings. The number of furan rings is 1. The maximum Gasteiger partial charge on any atom is 0.191 e. The van der Waals surface area contributed by atoms with Gasteiger partial charge in [0, 0.05) is 6.54 Å². The van der Waals surface area contributed by atoms with Crippen LogP contribution in [0.1, 0.15) is 36.5 Å². The Morgan fingerprint density at radius 3 is 2.54 bits per heavy atom. The molecule has 0 aliphatic carbocycles. The van der Waals surface area contributed by atoms with Crippen molar-refractivity contribution in [1.29, 1.82) is 0 Å². The van der Waals surface area contributed by atoms with Crippen molar-refractivity contribution in [1.82, 2.24) is 10.6 Å². The van der Waals surface area contributed by atoms with E-state index >= 15 is 0 Å². The van der Waals surface area contributed by atoms with Crippen molar-refractivity contribution < 1.29 is 13.9 Å². The molecule has 0 bridgehead atoms. The van der Waals surface area contributed by atoms with Crippen LogP contribution in [0, 0.1) is 19.7 Å². The van der Waals surface area contributed by atoms with Crippen LogP contribution in [0.15, 0.2) is 39.7 Å². The van der Waals surface area contributed by atoms with Gasteiger partial charge < -0.3 is 20.2 Å². The van der Waals surface area contributed by atoms with Crippen molar-refractivity contribution in [2.45, 2.75) is 39.8 Å². The van der Waals surface area contributed by atoms with Crippen molar-refractivity contribution >= 4 is 29.9 Å². The van der Waals surface area contributed by atoms with Gasteiger partial charge in [0.05, 0.1) is 13.1 Å². The lowest BCUT2D eigenvalue weighted by Crippen LogP contribution is -2.44. The molecule has 5 nitrogen and oxygen atoms in total. The van der Waals surface area contributed by atoms with Crippen LogP contribution in [-0.4, -0.2) is 24.2 Å². The van der Waals surface area contributed by atoms with Gasteiger partial charge in [-0.3, -0.25) is 0 Å². The summed E-state index contributed by atoms with van der Waals surface area (Å²) in [5, 5.41) is 16.8. The molecule has 26 heavy (non-hydrogen) atoms. The predicted molar refractivity (Wildman–Crippen MR) is 112 cm³/mol. The van der Waals surface area contributed by atoms with Gasteiger partial charge in [0.25, 0.3) is 0 Å². The molecule has 1 aromatic carbocycles. The molecule has 1 atom stereocenters. The van der Waals surface area contributed by atoms with E-state index < -0.39 is 5.60 Å². The highest BCUT2D eigenvalue weighted by Crippen LogP contribution is 2.21. The summed E-state index contributed by atoms with van der Waals surface area (Å²) in [4.78, 5) is 4.44. The number of rotatable bonds is 6. The zero-order valence-corrected chi connectivity index (χ0v) is 17.9. The molecule has 0 fully saturated rings. The fourth-order valence-corrected chi connectivity index (χ4v) is 2.31. The van der Waals surface area contributed by atoms with Crippen molar-refractivity contribution in [2.24, 2.45) is 4.99 Å². The minimum atomic E-state index is -1.17. The topological polar surface area (TPSA) is 69.8 Å². The summed E-state index contributed by atoms with van der Waals surface area (Å²) in [6, 6.07) is 8.66. The minimum absolute atomic E-state index is 0. The number of hydrogen-bond donors (Lipinski definition) is 3. The summed E-state index contributed by atoms with van der Waals surface area (Å²) in [5.74, 6) is 1.56. The Hall–Kier alpha value is -1.61. The number of halogens is 2. The Morgan fingerprint density at radius 1 is 1.23 bits per heavy atom. The first-order valence-corrected chi connectivity index (χ1v) is 8.38. The Balaban J connectivity index is 0.00000338. The van der Waals surface area contributed by atoms with E-state index in [1.807, 2.05) is 26.0 Å². The molecule has 3 N–H and O–H groups in total. The van der Waals surface area contributed by atoms with Crippen molar-refractivity contribution in [3.8, 4) is 0 Å². The van der Waals surface area contributed by atoms with Crippen LogP contribution in [0.3, 0.4) is 0 Å². The molecular weight excluding hydrogens is 448 g/mol. The quantitative estimate of drug-likeness (QED) is 0.339. The van der Waals surface area contributed by atoms with Crippen LogP contribution in [0.2, 0.25) is 0 Å². The van der Waals surface area contributed by atoms with Gasteiger partial charge >= 0.3 is 0 Å². The minimum Gasteiger partial charge on any atom is -0.463 e. The highest BCUT2D eigenvalue weighted by Gasteiger charge is 2.27. The third-order valence-electron chi connectivity index (χ3n) is 3.87. The van der Waals surface area contributed by atoms with Crippen molar-refractivity contribution in [3.63, 3.8) is 0 Å². The Kier molecular flexibility index (Phi) is 8.55. The molecule has 0 aliphatic rings. The lowest BCUT2D eigenvalue weighted by Gasteiger charge is -2.22. The van der Waals surface area contributed by atoms with Crippen LogP contribution in [0.5, 0.6) is 0 Å². The second-order valence-electron chi connectivity index (χ2n) is 6.32. The lowest BCUT2D eigenvalue weighted by molar-refractivity contribution is 0.0378. The van der Waals surface area contributed by atoms with Gasteiger partial charge in [0.15, 0.2) is 5.96 Å². The molecule has 1 heterocycles. The van der Waals surface area contributed by atoms with Crippen molar-refractivity contribution in [3.05, 3.63) is 58.8 Å². The molecule has 0 saturated carbocycles. The Bertz CT molecular complexity index is 744. The smallest absolute Gasteiger partial charge is 0.191 e. The van der Waals surface area contributed by atoms with Crippen LogP contribution in [0.4, 0.5) is 4.39 Å². The average Bonchev–Trinajstić information content (AvgIpc) is 3.01. The van der Waals surface area contributed by atoms with E-state index in [9.17, 15) is 9.50 Å². The maximum absolute atomic E-state index is 13.6.